The number of nitrogens with one attached hydrogen (secondary N) is 1. The number of nitrogens with zero attached hydrogens (tertiary/aromatic N) is 3. The van der Waals surface area contributed by atoms with Gasteiger partial charge in [0.25, 0.3) is 5.91 Å². The van der Waals surface area contributed by atoms with E-state index in [4.69, 9.17) is 9.72 Å². The highest BCUT2D eigenvalue weighted by Gasteiger charge is 2.23. The van der Waals surface area contributed by atoms with Crippen molar-refractivity contribution in [1.82, 2.24) is 14.9 Å². The van der Waals surface area contributed by atoms with Gasteiger partial charge in [-0.05, 0) is 30.2 Å². The number of methoxy groups -OCH3 is 1. The van der Waals surface area contributed by atoms with E-state index >= 15 is 0 Å². The molecule has 0 bridgehead atoms. The first kappa shape index (κ1) is 17.5. The van der Waals surface area contributed by atoms with Gasteiger partial charge in [0, 0.05) is 38.9 Å². The number of amides is 1. The number of carbonyl (C=O) groups is 1. The number of para-hydroxylation sites is 2. The zero-order valence-electron chi connectivity index (χ0n) is 15.5. The third-order valence-corrected chi connectivity index (χ3v) is 5.01. The summed E-state index contributed by atoms with van der Waals surface area (Å²) in [6, 6.07) is 15.7. The van der Waals surface area contributed by atoms with Crippen molar-refractivity contribution in [2.45, 2.75) is 13.0 Å². The molecule has 4 rings (SSSR count). The maximum atomic E-state index is 13.1. The second-order valence-electron chi connectivity index (χ2n) is 6.80. The van der Waals surface area contributed by atoms with Crippen LogP contribution in [0.3, 0.4) is 0 Å². The van der Waals surface area contributed by atoms with Crippen molar-refractivity contribution in [3.8, 4) is 0 Å². The van der Waals surface area contributed by atoms with Crippen LogP contribution in [0.2, 0.25) is 0 Å². The lowest BCUT2D eigenvalue weighted by Gasteiger charge is -2.22. The Morgan fingerprint density at radius 2 is 1.89 bits per heavy atom. The first-order chi connectivity index (χ1) is 13.3. The summed E-state index contributed by atoms with van der Waals surface area (Å²) in [7, 11) is 1.65. The molecule has 1 aromatic heterocycles. The molecule has 0 spiro atoms. The summed E-state index contributed by atoms with van der Waals surface area (Å²) in [4.78, 5) is 25.3. The minimum atomic E-state index is 0.0779. The summed E-state index contributed by atoms with van der Waals surface area (Å²) in [5, 5.41) is 0. The molecule has 1 amide bonds. The van der Waals surface area contributed by atoms with Crippen LogP contribution < -0.4 is 4.90 Å². The van der Waals surface area contributed by atoms with Gasteiger partial charge in [-0.15, -0.1) is 0 Å². The number of aromatic amines is 1. The summed E-state index contributed by atoms with van der Waals surface area (Å²) >= 11 is 0. The number of benzene rings is 2. The summed E-state index contributed by atoms with van der Waals surface area (Å²) in [5.74, 6) is 0.958. The van der Waals surface area contributed by atoms with Gasteiger partial charge in [0.1, 0.15) is 0 Å². The third kappa shape index (κ3) is 3.66. The second-order valence-corrected chi connectivity index (χ2v) is 6.80. The van der Waals surface area contributed by atoms with E-state index in [1.165, 1.54) is 0 Å². The van der Waals surface area contributed by atoms with Gasteiger partial charge >= 0.3 is 0 Å². The Kier molecular flexibility index (Phi) is 5.07. The molecule has 0 aliphatic carbocycles. The Bertz CT molecular complexity index is 904. The van der Waals surface area contributed by atoms with Gasteiger partial charge in [0.15, 0.2) is 0 Å². The minimum absolute atomic E-state index is 0.0779. The first-order valence-corrected chi connectivity index (χ1v) is 9.32. The fourth-order valence-electron chi connectivity index (χ4n) is 3.60. The van der Waals surface area contributed by atoms with E-state index in [2.05, 4.69) is 9.88 Å². The molecule has 0 radical (unpaired) electrons. The molecular formula is C21H24N4O2. The molecule has 1 saturated heterocycles. The number of H-pyrrole nitrogens is 1. The average molecular weight is 364 g/mol. The van der Waals surface area contributed by atoms with Crippen LogP contribution in [0.25, 0.3) is 11.0 Å². The zero-order chi connectivity index (χ0) is 18.6. The second kappa shape index (κ2) is 7.80. The molecule has 0 unspecified atom stereocenters. The average Bonchev–Trinajstić information content (AvgIpc) is 2.97. The maximum Gasteiger partial charge on any atom is 0.254 e. The zero-order valence-corrected chi connectivity index (χ0v) is 15.5. The van der Waals surface area contributed by atoms with Crippen LogP contribution in [0, 0.1) is 0 Å². The van der Waals surface area contributed by atoms with Crippen molar-refractivity contribution in [1.29, 1.82) is 0 Å². The van der Waals surface area contributed by atoms with Crippen LogP contribution >= 0.6 is 0 Å². The molecule has 1 aliphatic heterocycles. The molecule has 1 fully saturated rings. The number of ether oxygens (including phenoxy) is 1. The van der Waals surface area contributed by atoms with E-state index in [1.54, 1.807) is 7.11 Å². The summed E-state index contributed by atoms with van der Waals surface area (Å²) in [6.07, 6.45) is 0.912. The SMILES string of the molecule is COCc1ccccc1C(=O)N1CCCN(c2nc3ccccc3[nH]2)CC1. The van der Waals surface area contributed by atoms with Gasteiger partial charge in [-0.25, -0.2) is 4.98 Å². The largest absolute Gasteiger partial charge is 0.380 e. The van der Waals surface area contributed by atoms with Gasteiger partial charge < -0.3 is 19.5 Å². The van der Waals surface area contributed by atoms with Gasteiger partial charge in [0.05, 0.1) is 17.6 Å². The lowest BCUT2D eigenvalue weighted by atomic mass is 10.1. The van der Waals surface area contributed by atoms with Gasteiger partial charge in [0.2, 0.25) is 5.95 Å². The quantitative estimate of drug-likeness (QED) is 0.773. The van der Waals surface area contributed by atoms with E-state index in [9.17, 15) is 4.79 Å². The number of rotatable bonds is 4. The number of fused-ring (bicyclic) bond motifs is 1. The van der Waals surface area contributed by atoms with Crippen molar-refractivity contribution in [3.63, 3.8) is 0 Å². The van der Waals surface area contributed by atoms with Crippen LogP contribution in [0.1, 0.15) is 22.3 Å². The van der Waals surface area contributed by atoms with E-state index in [0.29, 0.717) is 13.2 Å². The Balaban J connectivity index is 1.49. The third-order valence-electron chi connectivity index (χ3n) is 5.01. The Morgan fingerprint density at radius 1 is 1.07 bits per heavy atom. The van der Waals surface area contributed by atoms with Crippen molar-refractivity contribution in [2.75, 3.05) is 38.2 Å². The molecular weight excluding hydrogens is 340 g/mol. The number of hydrogen-bond donors (Lipinski definition) is 1. The summed E-state index contributed by atoms with van der Waals surface area (Å²) in [5.41, 5.74) is 3.68. The predicted octanol–water partition coefficient (Wildman–Crippen LogP) is 3.06. The van der Waals surface area contributed by atoms with Gasteiger partial charge in [-0.3, -0.25) is 4.79 Å². The van der Waals surface area contributed by atoms with E-state index < -0.39 is 0 Å². The minimum Gasteiger partial charge on any atom is -0.380 e. The summed E-state index contributed by atoms with van der Waals surface area (Å²) in [6.45, 7) is 3.51. The van der Waals surface area contributed by atoms with Crippen molar-refractivity contribution >= 4 is 22.9 Å². The standard InChI is InChI=1S/C21H24N4O2/c1-27-15-16-7-2-3-8-17(16)20(26)24-11-6-12-25(14-13-24)21-22-18-9-4-5-10-19(18)23-21/h2-5,7-10H,6,11-15H2,1H3,(H,22,23). The maximum absolute atomic E-state index is 13.1. The Labute approximate surface area is 158 Å². The van der Waals surface area contributed by atoms with Gasteiger partial charge in [-0.2, -0.15) is 0 Å². The molecule has 1 aliphatic rings. The highest BCUT2D eigenvalue weighted by Crippen LogP contribution is 2.20. The predicted molar refractivity (Wildman–Crippen MR) is 106 cm³/mol. The van der Waals surface area contributed by atoms with Crippen LogP contribution in [0.15, 0.2) is 48.5 Å². The number of carbonyl (C=O) groups excluding carboxylic acids is 1. The number of aromatic nitrogens is 2. The Morgan fingerprint density at radius 3 is 2.74 bits per heavy atom. The lowest BCUT2D eigenvalue weighted by molar-refractivity contribution is 0.0762. The fraction of sp³-hybridized carbons (Fsp3) is 0.333. The monoisotopic (exact) mass is 364 g/mol. The van der Waals surface area contributed by atoms with Gasteiger partial charge in [-0.1, -0.05) is 30.3 Å². The van der Waals surface area contributed by atoms with E-state index in [0.717, 1.165) is 54.2 Å². The topological polar surface area (TPSA) is 61.5 Å². The summed E-state index contributed by atoms with van der Waals surface area (Å²) < 4.78 is 5.24. The van der Waals surface area contributed by atoms with Crippen molar-refractivity contribution in [2.24, 2.45) is 0 Å². The lowest BCUT2D eigenvalue weighted by Crippen LogP contribution is -2.36. The highest BCUT2D eigenvalue weighted by atomic mass is 16.5. The molecule has 6 nitrogen and oxygen atoms in total. The van der Waals surface area contributed by atoms with Crippen LogP contribution in [0.5, 0.6) is 0 Å². The van der Waals surface area contributed by atoms with E-state index in [-0.39, 0.29) is 5.91 Å². The molecule has 0 atom stereocenters. The molecule has 2 aromatic carbocycles. The molecule has 140 valence electrons. The number of anilines is 1. The smallest absolute Gasteiger partial charge is 0.254 e. The van der Waals surface area contributed by atoms with Crippen LogP contribution in [-0.2, 0) is 11.3 Å². The normalized spacial score (nSPS) is 15.1. The van der Waals surface area contributed by atoms with Crippen molar-refractivity contribution in [3.05, 3.63) is 59.7 Å². The molecule has 2 heterocycles. The molecule has 27 heavy (non-hydrogen) atoms. The fourth-order valence-corrected chi connectivity index (χ4v) is 3.60. The molecule has 0 saturated carbocycles. The van der Waals surface area contributed by atoms with Crippen LogP contribution in [0.4, 0.5) is 5.95 Å². The van der Waals surface area contributed by atoms with Crippen LogP contribution in [-0.4, -0.2) is 54.1 Å². The van der Waals surface area contributed by atoms with E-state index in [1.807, 2.05) is 53.4 Å². The van der Waals surface area contributed by atoms with Crippen molar-refractivity contribution < 1.29 is 9.53 Å². The number of hydrogen-bond acceptors (Lipinski definition) is 4. The molecule has 3 aromatic rings. The molecule has 6 heteroatoms. The molecule has 1 N–H and O–H groups in total. The number of imidazole rings is 1. The highest BCUT2D eigenvalue weighted by molar-refractivity contribution is 5.95. The Hall–Kier alpha value is -2.86. The first-order valence-electron chi connectivity index (χ1n) is 9.32.